The third-order valence-corrected chi connectivity index (χ3v) is 1.85. The number of rotatable bonds is 0. The maximum Gasteiger partial charge on any atom is 0.159 e. The van der Waals surface area contributed by atoms with Crippen LogP contribution in [-0.2, 0) is 9.63 Å². The van der Waals surface area contributed by atoms with Crippen molar-refractivity contribution in [1.82, 2.24) is 5.59 Å². The molecule has 98 valence electrons. The van der Waals surface area contributed by atoms with Crippen LogP contribution in [-0.4, -0.2) is 5.78 Å². The highest BCUT2D eigenvalue weighted by Crippen LogP contribution is 1.91. The summed E-state index contributed by atoms with van der Waals surface area (Å²) in [4.78, 5) is 16.2. The quantitative estimate of drug-likeness (QED) is 0.725. The molecule has 0 aromatic carbocycles. The minimum Gasteiger partial charge on any atom is -0.372 e. The minimum atomic E-state index is 0.0344. The lowest BCUT2D eigenvalue weighted by Gasteiger charge is -1.92. The number of nitrogens with zero attached hydrogens (tertiary/aromatic N) is 2. The van der Waals surface area contributed by atoms with Gasteiger partial charge in [-0.25, -0.2) is 0 Å². The van der Waals surface area contributed by atoms with Crippen LogP contribution in [0.4, 0.5) is 0 Å². The fourth-order valence-electron chi connectivity index (χ4n) is 1.03. The van der Waals surface area contributed by atoms with Crippen LogP contribution in [0.2, 0.25) is 0 Å². The van der Waals surface area contributed by atoms with Crippen molar-refractivity contribution in [2.45, 2.75) is 6.42 Å². The van der Waals surface area contributed by atoms with Gasteiger partial charge in [0.15, 0.2) is 5.78 Å². The molecule has 1 aliphatic heterocycles. The minimum absolute atomic E-state index is 0.0344. The Kier molecular flexibility index (Phi) is 7.91. The molecule has 0 aromatic heterocycles. The van der Waals surface area contributed by atoms with E-state index in [1.165, 1.54) is 18.5 Å². The van der Waals surface area contributed by atoms with Gasteiger partial charge in [-0.1, -0.05) is 42.5 Å². The standard InChI is InChI=1S/C14H15N3O2/c18-14-10-6-3-1-2-4-8-12-15-16-17-19-13-9-5-7-11-14/h1-10,12-13H,11H2,(H,15,17). The van der Waals surface area contributed by atoms with Gasteiger partial charge in [-0.2, -0.15) is 0 Å². The van der Waals surface area contributed by atoms with Crippen molar-refractivity contribution in [2.24, 2.45) is 10.3 Å². The zero-order valence-electron chi connectivity index (χ0n) is 10.3. The molecule has 0 atom stereocenters. The van der Waals surface area contributed by atoms with E-state index in [-0.39, 0.29) is 5.78 Å². The second kappa shape index (κ2) is 10.5. The molecule has 1 heterocycles. The van der Waals surface area contributed by atoms with Crippen LogP contribution >= 0.6 is 0 Å². The normalized spacial score (nSPS) is 16.7. The number of nitrogens with one attached hydrogen (secondary N) is 1. The van der Waals surface area contributed by atoms with Gasteiger partial charge in [0.25, 0.3) is 0 Å². The molecule has 5 heteroatoms. The summed E-state index contributed by atoms with van der Waals surface area (Å²) in [5.74, 6) is 0.0344. The first-order valence-electron chi connectivity index (χ1n) is 5.71. The first-order valence-corrected chi connectivity index (χ1v) is 5.71. The summed E-state index contributed by atoms with van der Waals surface area (Å²) in [5, 5.41) is 7.19. The molecule has 0 fully saturated rings. The highest BCUT2D eigenvalue weighted by Gasteiger charge is 1.89. The monoisotopic (exact) mass is 257 g/mol. The summed E-state index contributed by atoms with van der Waals surface area (Å²) in [6.07, 6.45) is 20.5. The van der Waals surface area contributed by atoms with E-state index in [2.05, 4.69) is 15.9 Å². The zero-order chi connectivity index (χ0) is 13.6. The van der Waals surface area contributed by atoms with E-state index in [4.69, 9.17) is 4.84 Å². The van der Waals surface area contributed by atoms with Gasteiger partial charge in [0.05, 0.1) is 6.20 Å². The van der Waals surface area contributed by atoms with Gasteiger partial charge < -0.3 is 4.84 Å². The van der Waals surface area contributed by atoms with Gasteiger partial charge in [-0.05, 0) is 23.5 Å². The fourth-order valence-corrected chi connectivity index (χ4v) is 1.03. The molecule has 0 amide bonds. The van der Waals surface area contributed by atoms with E-state index in [1.807, 2.05) is 12.2 Å². The molecular formula is C14H15N3O2. The Labute approximate surface area is 112 Å². The van der Waals surface area contributed by atoms with Gasteiger partial charge >= 0.3 is 0 Å². The van der Waals surface area contributed by atoms with Crippen molar-refractivity contribution < 1.29 is 9.63 Å². The highest BCUT2D eigenvalue weighted by atomic mass is 16.7. The summed E-state index contributed by atoms with van der Waals surface area (Å²) in [5.41, 5.74) is 2.27. The van der Waals surface area contributed by atoms with Crippen LogP contribution in [0.15, 0.2) is 83.6 Å². The predicted molar refractivity (Wildman–Crippen MR) is 73.5 cm³/mol. The molecule has 19 heavy (non-hydrogen) atoms. The number of ketones is 1. The molecule has 0 radical (unpaired) electrons. The third-order valence-electron chi connectivity index (χ3n) is 1.85. The van der Waals surface area contributed by atoms with Crippen molar-refractivity contribution in [3.63, 3.8) is 0 Å². The largest absolute Gasteiger partial charge is 0.372 e. The maximum absolute atomic E-state index is 11.4. The average Bonchev–Trinajstić information content (AvgIpc) is 2.41. The van der Waals surface area contributed by atoms with E-state index >= 15 is 0 Å². The second-order valence-corrected chi connectivity index (χ2v) is 3.32. The van der Waals surface area contributed by atoms with E-state index < -0.39 is 0 Å². The number of allylic oxidation sites excluding steroid dienone is 10. The van der Waals surface area contributed by atoms with Crippen LogP contribution in [0, 0.1) is 0 Å². The Bertz CT molecular complexity index is 469. The van der Waals surface area contributed by atoms with Crippen molar-refractivity contribution >= 4 is 5.78 Å². The molecule has 0 aromatic rings. The van der Waals surface area contributed by atoms with E-state index in [0.717, 1.165) is 0 Å². The van der Waals surface area contributed by atoms with Crippen LogP contribution in [0.1, 0.15) is 6.42 Å². The Morgan fingerprint density at radius 1 is 1.00 bits per heavy atom. The topological polar surface area (TPSA) is 63.0 Å². The van der Waals surface area contributed by atoms with Gasteiger partial charge in [-0.15, -0.1) is 10.7 Å². The van der Waals surface area contributed by atoms with Gasteiger partial charge in [0.2, 0.25) is 0 Å². The number of hydrogen-bond donors (Lipinski definition) is 1. The molecule has 0 unspecified atom stereocenters. The first-order chi connectivity index (χ1) is 9.39. The molecular weight excluding hydrogens is 242 g/mol. The third kappa shape index (κ3) is 9.05. The van der Waals surface area contributed by atoms with Crippen LogP contribution in [0.5, 0.6) is 0 Å². The SMILES string of the molecule is O=C1C=CC=CC=CC=CN=NNOC=CC=CC1. The van der Waals surface area contributed by atoms with Gasteiger partial charge in [-0.3, -0.25) is 4.79 Å². The maximum atomic E-state index is 11.4. The van der Waals surface area contributed by atoms with Crippen molar-refractivity contribution in [1.29, 1.82) is 0 Å². The Morgan fingerprint density at radius 3 is 2.68 bits per heavy atom. The number of carbonyl (C=O) groups is 1. The lowest BCUT2D eigenvalue weighted by Crippen LogP contribution is -1.98. The molecule has 0 spiro atoms. The van der Waals surface area contributed by atoms with Crippen molar-refractivity contribution in [2.75, 3.05) is 0 Å². The molecule has 0 aliphatic carbocycles. The summed E-state index contributed by atoms with van der Waals surface area (Å²) in [6, 6.07) is 0. The van der Waals surface area contributed by atoms with Gasteiger partial charge in [0, 0.05) is 6.42 Å². The molecule has 1 N–H and O–H groups in total. The molecule has 0 bridgehead atoms. The fraction of sp³-hybridized carbons (Fsp3) is 0.0714. The molecule has 1 rings (SSSR count). The summed E-state index contributed by atoms with van der Waals surface area (Å²) in [6.45, 7) is 0. The Morgan fingerprint density at radius 2 is 1.79 bits per heavy atom. The van der Waals surface area contributed by atoms with Crippen molar-refractivity contribution in [3.8, 4) is 0 Å². The average molecular weight is 257 g/mol. The van der Waals surface area contributed by atoms with Crippen LogP contribution < -0.4 is 5.59 Å². The summed E-state index contributed by atoms with van der Waals surface area (Å²) >= 11 is 0. The lowest BCUT2D eigenvalue weighted by atomic mass is 10.2. The van der Waals surface area contributed by atoms with Gasteiger partial charge in [0.1, 0.15) is 6.26 Å². The predicted octanol–water partition coefficient (Wildman–Crippen LogP) is 3.10. The number of hydrogen-bond acceptors (Lipinski definition) is 5. The highest BCUT2D eigenvalue weighted by molar-refractivity contribution is 5.90. The number of carbonyl (C=O) groups excluding carboxylic acids is 1. The molecule has 0 saturated carbocycles. The molecule has 5 nitrogen and oxygen atoms in total. The van der Waals surface area contributed by atoms with E-state index in [0.29, 0.717) is 6.42 Å². The second-order valence-electron chi connectivity index (χ2n) is 3.32. The Balaban J connectivity index is 2.61. The summed E-state index contributed by atoms with van der Waals surface area (Å²) < 4.78 is 0. The Hall–Kier alpha value is -2.69. The molecule has 1 aliphatic rings. The summed E-state index contributed by atoms with van der Waals surface area (Å²) in [7, 11) is 0. The zero-order valence-corrected chi connectivity index (χ0v) is 10.3. The van der Waals surface area contributed by atoms with Crippen molar-refractivity contribution in [3.05, 3.63) is 73.2 Å². The van der Waals surface area contributed by atoms with Crippen LogP contribution in [0.25, 0.3) is 0 Å². The van der Waals surface area contributed by atoms with E-state index in [9.17, 15) is 4.79 Å². The smallest absolute Gasteiger partial charge is 0.159 e. The molecule has 0 saturated heterocycles. The first kappa shape index (κ1) is 14.4. The van der Waals surface area contributed by atoms with Crippen LogP contribution in [0.3, 0.4) is 0 Å². The lowest BCUT2D eigenvalue weighted by molar-refractivity contribution is -0.113. The van der Waals surface area contributed by atoms with E-state index in [1.54, 1.807) is 42.5 Å².